The van der Waals surface area contributed by atoms with Crippen LogP contribution in [-0.4, -0.2) is 47.7 Å². The van der Waals surface area contributed by atoms with Crippen molar-refractivity contribution in [1.82, 2.24) is 0 Å². The number of hydrogen-bond acceptors (Lipinski definition) is 3. The average Bonchev–Trinajstić information content (AvgIpc) is 2.08. The number of aliphatic hydroxyl groups excluding tert-OH is 2. The van der Waals surface area contributed by atoms with Crippen LogP contribution in [0.25, 0.3) is 0 Å². The van der Waals surface area contributed by atoms with E-state index < -0.39 is 37.5 Å². The molecule has 72 valence electrons. The van der Waals surface area contributed by atoms with Crippen LogP contribution in [0.2, 0.25) is 0 Å². The number of ether oxygens (including phenoxy) is 1. The molecule has 0 bridgehead atoms. The molecular formula is C6H9F3O3. The van der Waals surface area contributed by atoms with Crippen LogP contribution in [0.5, 0.6) is 0 Å². The van der Waals surface area contributed by atoms with Gasteiger partial charge in [-0.1, -0.05) is 0 Å². The Labute approximate surface area is 66.8 Å². The lowest BCUT2D eigenvalue weighted by molar-refractivity contribution is -0.246. The summed E-state index contributed by atoms with van der Waals surface area (Å²) in [7, 11) is 0. The van der Waals surface area contributed by atoms with Gasteiger partial charge in [0.05, 0.1) is 6.61 Å². The van der Waals surface area contributed by atoms with Gasteiger partial charge in [-0.3, -0.25) is 0 Å². The van der Waals surface area contributed by atoms with Gasteiger partial charge in [-0.25, -0.2) is 13.2 Å². The molecule has 12 heavy (non-hydrogen) atoms. The third kappa shape index (κ3) is 1.55. The topological polar surface area (TPSA) is 49.7 Å². The van der Waals surface area contributed by atoms with Crippen molar-refractivity contribution in [3.63, 3.8) is 0 Å². The molecule has 0 spiro atoms. The van der Waals surface area contributed by atoms with Crippen LogP contribution in [0.15, 0.2) is 0 Å². The second kappa shape index (κ2) is 3.59. The molecule has 0 saturated carbocycles. The first-order valence-electron chi connectivity index (χ1n) is 3.44. The molecule has 0 aliphatic carbocycles. The van der Waals surface area contributed by atoms with Gasteiger partial charge in [0.2, 0.25) is 0 Å². The lowest BCUT2D eigenvalue weighted by atomic mass is 10.0. The lowest BCUT2D eigenvalue weighted by Gasteiger charge is -2.33. The lowest BCUT2D eigenvalue weighted by Crippen LogP contribution is -2.53. The smallest absolute Gasteiger partial charge is 0.189 e. The van der Waals surface area contributed by atoms with Crippen molar-refractivity contribution in [2.24, 2.45) is 0 Å². The van der Waals surface area contributed by atoms with Crippen molar-refractivity contribution in [2.45, 2.75) is 30.9 Å². The fourth-order valence-electron chi connectivity index (χ4n) is 1.01. The van der Waals surface area contributed by atoms with E-state index in [2.05, 4.69) is 4.74 Å². The molecule has 0 radical (unpaired) electrons. The monoisotopic (exact) mass is 186 g/mol. The highest BCUT2D eigenvalue weighted by Gasteiger charge is 2.46. The van der Waals surface area contributed by atoms with Crippen molar-refractivity contribution >= 4 is 0 Å². The summed E-state index contributed by atoms with van der Waals surface area (Å²) in [5.74, 6) is 0. The molecule has 1 fully saturated rings. The van der Waals surface area contributed by atoms with Gasteiger partial charge in [-0.05, 0) is 0 Å². The van der Waals surface area contributed by atoms with Crippen molar-refractivity contribution in [2.75, 3.05) is 6.61 Å². The molecular weight excluding hydrogens is 177 g/mol. The number of aliphatic hydroxyl groups is 2. The number of rotatable bonds is 1. The molecule has 1 rings (SSSR count). The van der Waals surface area contributed by atoms with Gasteiger partial charge < -0.3 is 14.9 Å². The van der Waals surface area contributed by atoms with E-state index in [0.29, 0.717) is 0 Å². The van der Waals surface area contributed by atoms with E-state index >= 15 is 0 Å². The van der Waals surface area contributed by atoms with Crippen LogP contribution >= 0.6 is 0 Å². The first-order chi connectivity index (χ1) is 5.57. The average molecular weight is 186 g/mol. The summed E-state index contributed by atoms with van der Waals surface area (Å²) in [4.78, 5) is 0. The van der Waals surface area contributed by atoms with Crippen LogP contribution < -0.4 is 0 Å². The molecule has 3 nitrogen and oxygen atoms in total. The van der Waals surface area contributed by atoms with Crippen molar-refractivity contribution in [3.8, 4) is 0 Å². The van der Waals surface area contributed by atoms with Crippen LogP contribution in [0.3, 0.4) is 0 Å². The minimum absolute atomic E-state index is 0.786. The summed E-state index contributed by atoms with van der Waals surface area (Å²) in [5.41, 5.74) is 0. The van der Waals surface area contributed by atoms with Crippen LogP contribution in [0.1, 0.15) is 0 Å². The second-order valence-corrected chi connectivity index (χ2v) is 2.58. The highest BCUT2D eigenvalue weighted by atomic mass is 19.2. The number of alkyl halides is 3. The Morgan fingerprint density at radius 1 is 1.08 bits per heavy atom. The van der Waals surface area contributed by atoms with Crippen LogP contribution in [0, 0.1) is 0 Å². The molecule has 6 heteroatoms. The van der Waals surface area contributed by atoms with E-state index in [0.717, 1.165) is 0 Å². The maximum atomic E-state index is 12.7. The normalized spacial score (nSPS) is 49.2. The van der Waals surface area contributed by atoms with Crippen molar-refractivity contribution in [3.05, 3.63) is 0 Å². The molecule has 1 aliphatic rings. The fourth-order valence-corrected chi connectivity index (χ4v) is 1.01. The third-order valence-corrected chi connectivity index (χ3v) is 1.73. The van der Waals surface area contributed by atoms with Crippen LogP contribution in [0.4, 0.5) is 13.2 Å². The summed E-state index contributed by atoms with van der Waals surface area (Å²) in [6.07, 6.45) is -10.5. The Bertz CT molecular complexity index is 152. The largest absolute Gasteiger partial charge is 0.394 e. The van der Waals surface area contributed by atoms with E-state index in [1.165, 1.54) is 0 Å². The quantitative estimate of drug-likeness (QED) is 0.591. The van der Waals surface area contributed by atoms with Crippen molar-refractivity contribution in [1.29, 1.82) is 0 Å². The standard InChI is InChI=1S/C6H9F3O3/c7-3-2(1-10)12-6(11)5(9)4(3)8/h2-6,10-11H,1H2. The molecule has 0 amide bonds. The van der Waals surface area contributed by atoms with E-state index in [-0.39, 0.29) is 0 Å². The van der Waals surface area contributed by atoms with Gasteiger partial charge >= 0.3 is 0 Å². The minimum atomic E-state index is -2.44. The minimum Gasteiger partial charge on any atom is -0.394 e. The van der Waals surface area contributed by atoms with Gasteiger partial charge in [-0.2, -0.15) is 0 Å². The summed E-state index contributed by atoms with van der Waals surface area (Å²) in [5, 5.41) is 17.1. The zero-order chi connectivity index (χ0) is 9.30. The Morgan fingerprint density at radius 3 is 2.17 bits per heavy atom. The summed E-state index contributed by atoms with van der Waals surface area (Å²) in [6, 6.07) is 0. The highest BCUT2D eigenvalue weighted by Crippen LogP contribution is 2.26. The number of hydrogen-bond donors (Lipinski definition) is 2. The van der Waals surface area contributed by atoms with Crippen LogP contribution in [-0.2, 0) is 4.74 Å². The van der Waals surface area contributed by atoms with E-state index in [1.54, 1.807) is 0 Å². The van der Waals surface area contributed by atoms with Gasteiger partial charge in [0, 0.05) is 0 Å². The maximum absolute atomic E-state index is 12.7. The predicted octanol–water partition coefficient (Wildman–Crippen LogP) is -0.290. The Balaban J connectivity index is 2.63. The summed E-state index contributed by atoms with van der Waals surface area (Å²) < 4.78 is 41.9. The summed E-state index contributed by atoms with van der Waals surface area (Å²) in [6.45, 7) is -0.786. The molecule has 1 aliphatic heterocycles. The van der Waals surface area contributed by atoms with E-state index in [9.17, 15) is 13.2 Å². The van der Waals surface area contributed by atoms with Gasteiger partial charge in [0.25, 0.3) is 0 Å². The van der Waals surface area contributed by atoms with Crippen molar-refractivity contribution < 1.29 is 28.1 Å². The maximum Gasteiger partial charge on any atom is 0.189 e. The molecule has 1 heterocycles. The highest BCUT2D eigenvalue weighted by molar-refractivity contribution is 4.89. The Hall–Kier alpha value is -0.330. The second-order valence-electron chi connectivity index (χ2n) is 2.58. The zero-order valence-corrected chi connectivity index (χ0v) is 6.03. The zero-order valence-electron chi connectivity index (χ0n) is 6.03. The predicted molar refractivity (Wildman–Crippen MR) is 32.7 cm³/mol. The molecule has 5 unspecified atom stereocenters. The SMILES string of the molecule is OCC1OC(O)C(F)C(F)C1F. The summed E-state index contributed by atoms with van der Waals surface area (Å²) >= 11 is 0. The van der Waals surface area contributed by atoms with Gasteiger partial charge in [0.15, 0.2) is 24.8 Å². The van der Waals surface area contributed by atoms with Gasteiger partial charge in [-0.15, -0.1) is 0 Å². The Kier molecular flexibility index (Phi) is 2.92. The van der Waals surface area contributed by atoms with E-state index in [1.807, 2.05) is 0 Å². The first kappa shape index (κ1) is 9.76. The number of halogens is 3. The molecule has 1 saturated heterocycles. The van der Waals surface area contributed by atoms with Gasteiger partial charge in [0.1, 0.15) is 6.10 Å². The third-order valence-electron chi connectivity index (χ3n) is 1.73. The first-order valence-corrected chi connectivity index (χ1v) is 3.44. The molecule has 0 aromatic carbocycles. The molecule has 2 N–H and O–H groups in total. The molecule has 0 aromatic rings. The Morgan fingerprint density at radius 2 is 1.67 bits per heavy atom. The molecule has 0 aromatic heterocycles. The fraction of sp³-hybridized carbons (Fsp3) is 1.00. The van der Waals surface area contributed by atoms with E-state index in [4.69, 9.17) is 10.2 Å². The molecule has 5 atom stereocenters.